The van der Waals surface area contributed by atoms with Gasteiger partial charge in [-0.2, -0.15) is 0 Å². The van der Waals surface area contributed by atoms with Crippen LogP contribution in [0.3, 0.4) is 0 Å². The molecule has 0 N–H and O–H groups in total. The third-order valence-electron chi connectivity index (χ3n) is 5.21. The van der Waals surface area contributed by atoms with Gasteiger partial charge in [0.1, 0.15) is 12.2 Å². The lowest BCUT2D eigenvalue weighted by atomic mass is 9.99. The second kappa shape index (κ2) is 10.7. The second-order valence-electron chi connectivity index (χ2n) is 9.48. The number of Topliss-reactive ketones (excluding diaryl/α,β-unsaturated/α-hetero) is 3. The van der Waals surface area contributed by atoms with Gasteiger partial charge in [-0.3, -0.25) is 14.4 Å². The molecular weight excluding hydrogens is 424 g/mol. The lowest BCUT2D eigenvalue weighted by molar-refractivity contribution is -0.756. The van der Waals surface area contributed by atoms with Gasteiger partial charge < -0.3 is 0 Å². The van der Waals surface area contributed by atoms with Gasteiger partial charge in [-0.25, -0.2) is 9.48 Å². The van der Waals surface area contributed by atoms with Crippen molar-refractivity contribution in [2.45, 2.75) is 74.9 Å². The number of rotatable bonds is 11. The summed E-state index contributed by atoms with van der Waals surface area (Å²) in [4.78, 5) is 50.4. The van der Waals surface area contributed by atoms with E-state index in [0.29, 0.717) is 25.2 Å². The summed E-state index contributed by atoms with van der Waals surface area (Å²) in [7, 11) is 0. The van der Waals surface area contributed by atoms with Crippen LogP contribution in [0.15, 0.2) is 6.20 Å². The Balaban J connectivity index is 2.31. The van der Waals surface area contributed by atoms with E-state index in [2.05, 4.69) is 15.5 Å². The average molecular weight is 460 g/mol. The van der Waals surface area contributed by atoms with Crippen molar-refractivity contribution < 1.29 is 23.9 Å². The van der Waals surface area contributed by atoms with E-state index in [0.717, 1.165) is 0 Å². The summed E-state index contributed by atoms with van der Waals surface area (Å²) in [6, 6.07) is 0. The van der Waals surface area contributed by atoms with Gasteiger partial charge in [0.2, 0.25) is 11.5 Å². The summed E-state index contributed by atoms with van der Waals surface area (Å²) in [5, 5.41) is 12.4. The van der Waals surface area contributed by atoms with Crippen molar-refractivity contribution in [2.24, 2.45) is 23.7 Å². The molecule has 0 amide bonds. The molecule has 0 aromatic carbocycles. The van der Waals surface area contributed by atoms with Gasteiger partial charge in [0.15, 0.2) is 23.5 Å². The Kier molecular flexibility index (Phi) is 8.51. The molecule has 0 bridgehead atoms. The van der Waals surface area contributed by atoms with Gasteiger partial charge in [-0.05, 0) is 0 Å². The number of hydrogen-bond acceptors (Lipinski definition) is 7. The molecule has 2 aromatic rings. The molecule has 0 saturated carbocycles. The lowest BCUT2D eigenvalue weighted by Gasteiger charge is -2.09. The SMILES string of the molecule is CC(C)C(=O)c1nnn(CCC[n+]2nn(C(=O)C(C)C)cc2C(=O)C(C)C)c1C(=O)C(C)C. The fourth-order valence-corrected chi connectivity index (χ4v) is 3.19. The third kappa shape index (κ3) is 5.85. The first-order chi connectivity index (χ1) is 15.4. The van der Waals surface area contributed by atoms with E-state index >= 15 is 0 Å². The Bertz CT molecular complexity index is 1040. The van der Waals surface area contributed by atoms with Crippen molar-refractivity contribution in [3.63, 3.8) is 0 Å². The molecule has 0 saturated heterocycles. The van der Waals surface area contributed by atoms with Crippen LogP contribution in [0.25, 0.3) is 0 Å². The predicted molar refractivity (Wildman–Crippen MR) is 120 cm³/mol. The van der Waals surface area contributed by atoms with Crippen LogP contribution < -0.4 is 4.68 Å². The van der Waals surface area contributed by atoms with Crippen LogP contribution in [0.1, 0.15) is 98.1 Å². The molecule has 10 nitrogen and oxygen atoms in total. The van der Waals surface area contributed by atoms with Crippen LogP contribution in [-0.2, 0) is 13.1 Å². The molecule has 0 aliphatic rings. The summed E-state index contributed by atoms with van der Waals surface area (Å²) in [5.74, 6) is -1.88. The zero-order valence-corrected chi connectivity index (χ0v) is 20.8. The molecule has 2 heterocycles. The number of carbonyl (C=O) groups is 4. The first kappa shape index (κ1) is 26.2. The Labute approximate surface area is 194 Å². The van der Waals surface area contributed by atoms with E-state index in [9.17, 15) is 19.2 Å². The lowest BCUT2D eigenvalue weighted by Crippen LogP contribution is -2.43. The van der Waals surface area contributed by atoms with Crippen molar-refractivity contribution in [1.82, 2.24) is 24.9 Å². The molecule has 0 fully saturated rings. The minimum absolute atomic E-state index is 0.0961. The van der Waals surface area contributed by atoms with Gasteiger partial charge in [0.05, 0.1) is 11.1 Å². The quantitative estimate of drug-likeness (QED) is 0.374. The molecule has 33 heavy (non-hydrogen) atoms. The van der Waals surface area contributed by atoms with Crippen molar-refractivity contribution >= 4 is 23.3 Å². The van der Waals surface area contributed by atoms with Crippen molar-refractivity contribution in [1.29, 1.82) is 0 Å². The summed E-state index contributed by atoms with van der Waals surface area (Å²) in [6.07, 6.45) is 1.94. The molecule has 0 unspecified atom stereocenters. The van der Waals surface area contributed by atoms with Gasteiger partial charge in [-0.1, -0.05) is 65.3 Å². The maximum Gasteiger partial charge on any atom is 0.336 e. The normalized spacial score (nSPS) is 11.8. The highest BCUT2D eigenvalue weighted by molar-refractivity contribution is 6.07. The molecule has 0 radical (unpaired) electrons. The van der Waals surface area contributed by atoms with Crippen LogP contribution in [0.2, 0.25) is 0 Å². The Morgan fingerprint density at radius 1 is 0.848 bits per heavy atom. The van der Waals surface area contributed by atoms with Crippen molar-refractivity contribution in [3.05, 3.63) is 23.3 Å². The first-order valence-electron chi connectivity index (χ1n) is 11.5. The smallest absolute Gasteiger partial charge is 0.292 e. The fourth-order valence-electron chi connectivity index (χ4n) is 3.19. The number of aryl methyl sites for hydroxylation is 2. The fraction of sp³-hybridized carbons (Fsp3) is 0.652. The Morgan fingerprint density at radius 3 is 1.94 bits per heavy atom. The van der Waals surface area contributed by atoms with E-state index < -0.39 is 0 Å². The van der Waals surface area contributed by atoms with E-state index in [1.165, 1.54) is 20.2 Å². The highest BCUT2D eigenvalue weighted by atomic mass is 16.2. The van der Waals surface area contributed by atoms with Gasteiger partial charge in [0.25, 0.3) is 0 Å². The topological polar surface area (TPSA) is 121 Å². The van der Waals surface area contributed by atoms with E-state index in [-0.39, 0.29) is 58.3 Å². The Hall–Kier alpha value is -3.04. The molecule has 180 valence electrons. The minimum Gasteiger partial charge on any atom is -0.292 e. The van der Waals surface area contributed by atoms with Crippen LogP contribution in [0.4, 0.5) is 0 Å². The molecule has 2 aromatic heterocycles. The van der Waals surface area contributed by atoms with E-state index in [4.69, 9.17) is 0 Å². The van der Waals surface area contributed by atoms with Crippen molar-refractivity contribution in [3.8, 4) is 0 Å². The monoisotopic (exact) mass is 459 g/mol. The number of nitrogens with zero attached hydrogens (tertiary/aromatic N) is 6. The Morgan fingerprint density at radius 2 is 1.42 bits per heavy atom. The van der Waals surface area contributed by atoms with Crippen LogP contribution in [0.5, 0.6) is 0 Å². The highest BCUT2D eigenvalue weighted by Crippen LogP contribution is 2.16. The number of hydrogen-bond donors (Lipinski definition) is 0. The molecule has 0 spiro atoms. The largest absolute Gasteiger partial charge is 0.336 e. The van der Waals surface area contributed by atoms with Crippen molar-refractivity contribution in [2.75, 3.05) is 0 Å². The molecule has 2 rings (SSSR count). The molecule has 0 aliphatic carbocycles. The number of aromatic nitrogens is 6. The number of ketones is 3. The maximum absolute atomic E-state index is 12.8. The summed E-state index contributed by atoms with van der Waals surface area (Å²) < 4.78 is 4.19. The predicted octanol–water partition coefficient (Wildman–Crippen LogP) is 2.66. The zero-order chi connectivity index (χ0) is 25.0. The molecular formula is C23H35N6O4+. The van der Waals surface area contributed by atoms with Crippen LogP contribution >= 0.6 is 0 Å². The summed E-state index contributed by atoms with van der Waals surface area (Å²) in [5.41, 5.74) is 0.665. The highest BCUT2D eigenvalue weighted by Gasteiger charge is 2.30. The average Bonchev–Trinajstić information content (AvgIpc) is 3.35. The summed E-state index contributed by atoms with van der Waals surface area (Å²) >= 11 is 0. The second-order valence-corrected chi connectivity index (χ2v) is 9.48. The number of carbonyl (C=O) groups excluding carboxylic acids is 4. The van der Waals surface area contributed by atoms with E-state index in [1.54, 1.807) is 55.4 Å². The van der Waals surface area contributed by atoms with Crippen LogP contribution in [0, 0.1) is 23.7 Å². The first-order valence-corrected chi connectivity index (χ1v) is 11.5. The zero-order valence-electron chi connectivity index (χ0n) is 20.8. The third-order valence-corrected chi connectivity index (χ3v) is 5.21. The molecule has 0 atom stereocenters. The standard InChI is InChI=1S/C23H35N6O4/c1-13(2)20(30)17-12-29(23(33)16(7)8)26-27(17)10-9-11-28-19(22(32)15(5)6)18(24-25-28)21(31)14(3)4/h12-16H,9-11H2,1-8H3/q+1. The summed E-state index contributed by atoms with van der Waals surface area (Å²) in [6.45, 7) is 14.8. The van der Waals surface area contributed by atoms with E-state index in [1.807, 2.05) is 0 Å². The van der Waals surface area contributed by atoms with Gasteiger partial charge in [0, 0.05) is 30.7 Å². The minimum atomic E-state index is -0.316. The maximum atomic E-state index is 12.8. The molecule has 10 heteroatoms. The van der Waals surface area contributed by atoms with Gasteiger partial charge >= 0.3 is 5.91 Å². The van der Waals surface area contributed by atoms with Crippen LogP contribution in [-0.4, -0.2) is 48.1 Å². The molecule has 0 aliphatic heterocycles. The van der Waals surface area contributed by atoms with Gasteiger partial charge in [-0.15, -0.1) is 9.78 Å².